The van der Waals surface area contributed by atoms with Crippen molar-refractivity contribution in [3.63, 3.8) is 0 Å². The van der Waals surface area contributed by atoms with Crippen molar-refractivity contribution in [3.05, 3.63) is 29.3 Å². The SMILES string of the molecule is CCCNC(CCC)CCc1ccc2c(c1)CCO2. The highest BCUT2D eigenvalue weighted by Crippen LogP contribution is 2.26. The van der Waals surface area contributed by atoms with E-state index >= 15 is 0 Å². The molecule has 0 amide bonds. The number of fused-ring (bicyclic) bond motifs is 1. The number of benzene rings is 1. The number of ether oxygens (including phenoxy) is 1. The highest BCUT2D eigenvalue weighted by atomic mass is 16.5. The lowest BCUT2D eigenvalue weighted by Gasteiger charge is -2.17. The summed E-state index contributed by atoms with van der Waals surface area (Å²) in [5, 5.41) is 3.67. The van der Waals surface area contributed by atoms with Crippen LogP contribution in [0.5, 0.6) is 5.75 Å². The Labute approximate surface area is 117 Å². The van der Waals surface area contributed by atoms with E-state index in [1.807, 2.05) is 0 Å². The van der Waals surface area contributed by atoms with E-state index < -0.39 is 0 Å². The summed E-state index contributed by atoms with van der Waals surface area (Å²) in [6, 6.07) is 7.39. The fraction of sp³-hybridized carbons (Fsp3) is 0.647. The number of aryl methyl sites for hydroxylation is 1. The Morgan fingerprint density at radius 3 is 2.89 bits per heavy atom. The lowest BCUT2D eigenvalue weighted by molar-refractivity contribution is 0.357. The van der Waals surface area contributed by atoms with Crippen LogP contribution in [0.25, 0.3) is 0 Å². The van der Waals surface area contributed by atoms with Crippen molar-refractivity contribution in [1.29, 1.82) is 0 Å². The molecule has 19 heavy (non-hydrogen) atoms. The van der Waals surface area contributed by atoms with E-state index in [2.05, 4.69) is 37.4 Å². The highest BCUT2D eigenvalue weighted by Gasteiger charge is 2.13. The third-order valence-corrected chi connectivity index (χ3v) is 3.86. The van der Waals surface area contributed by atoms with Gasteiger partial charge >= 0.3 is 0 Å². The zero-order chi connectivity index (χ0) is 13.5. The van der Waals surface area contributed by atoms with Crippen LogP contribution in [0.15, 0.2) is 18.2 Å². The van der Waals surface area contributed by atoms with Gasteiger partial charge in [0.2, 0.25) is 0 Å². The van der Waals surface area contributed by atoms with Crippen molar-refractivity contribution in [2.45, 2.75) is 58.4 Å². The third-order valence-electron chi connectivity index (χ3n) is 3.86. The van der Waals surface area contributed by atoms with Crippen LogP contribution in [0.4, 0.5) is 0 Å². The average Bonchev–Trinajstić information content (AvgIpc) is 2.89. The molecule has 1 atom stereocenters. The molecule has 106 valence electrons. The van der Waals surface area contributed by atoms with Gasteiger partial charge in [-0.25, -0.2) is 0 Å². The van der Waals surface area contributed by atoms with Gasteiger partial charge in [-0.15, -0.1) is 0 Å². The lowest BCUT2D eigenvalue weighted by Crippen LogP contribution is -2.30. The Bertz CT molecular complexity index is 389. The molecule has 0 saturated heterocycles. The van der Waals surface area contributed by atoms with Crippen LogP contribution < -0.4 is 10.1 Å². The molecule has 1 N–H and O–H groups in total. The summed E-state index contributed by atoms with van der Waals surface area (Å²) in [4.78, 5) is 0. The van der Waals surface area contributed by atoms with Crippen LogP contribution in [0.2, 0.25) is 0 Å². The van der Waals surface area contributed by atoms with Crippen molar-refractivity contribution in [2.75, 3.05) is 13.2 Å². The second-order valence-corrected chi connectivity index (χ2v) is 5.52. The number of hydrogen-bond donors (Lipinski definition) is 1. The number of nitrogens with one attached hydrogen (secondary N) is 1. The molecule has 1 aliphatic rings. The molecular weight excluding hydrogens is 234 g/mol. The van der Waals surface area contributed by atoms with Crippen LogP contribution in [0.1, 0.15) is 50.7 Å². The van der Waals surface area contributed by atoms with Crippen LogP contribution in [-0.4, -0.2) is 19.2 Å². The minimum atomic E-state index is 0.675. The second-order valence-electron chi connectivity index (χ2n) is 5.52. The predicted molar refractivity (Wildman–Crippen MR) is 81.0 cm³/mol. The van der Waals surface area contributed by atoms with E-state index in [0.717, 1.165) is 25.3 Å². The zero-order valence-electron chi connectivity index (χ0n) is 12.4. The van der Waals surface area contributed by atoms with Crippen molar-refractivity contribution in [2.24, 2.45) is 0 Å². The van der Waals surface area contributed by atoms with E-state index in [1.165, 1.54) is 43.2 Å². The zero-order valence-corrected chi connectivity index (χ0v) is 12.4. The number of rotatable bonds is 8. The van der Waals surface area contributed by atoms with E-state index in [9.17, 15) is 0 Å². The minimum Gasteiger partial charge on any atom is -0.493 e. The Balaban J connectivity index is 1.85. The fourth-order valence-corrected chi connectivity index (χ4v) is 2.78. The maximum absolute atomic E-state index is 5.56. The van der Waals surface area contributed by atoms with Gasteiger partial charge in [-0.2, -0.15) is 0 Å². The van der Waals surface area contributed by atoms with Gasteiger partial charge in [-0.3, -0.25) is 0 Å². The molecule has 0 aromatic heterocycles. The van der Waals surface area contributed by atoms with Gasteiger partial charge in [-0.1, -0.05) is 32.4 Å². The largest absolute Gasteiger partial charge is 0.493 e. The van der Waals surface area contributed by atoms with Gasteiger partial charge in [-0.05, 0) is 49.4 Å². The second kappa shape index (κ2) is 7.54. The normalized spacial score (nSPS) is 15.1. The van der Waals surface area contributed by atoms with Crippen molar-refractivity contribution in [1.82, 2.24) is 5.32 Å². The molecule has 1 heterocycles. The molecule has 1 aromatic carbocycles. The Hall–Kier alpha value is -1.02. The van der Waals surface area contributed by atoms with Crippen molar-refractivity contribution in [3.8, 4) is 5.75 Å². The molecule has 0 spiro atoms. The summed E-state index contributed by atoms with van der Waals surface area (Å²) >= 11 is 0. The van der Waals surface area contributed by atoms with E-state index in [0.29, 0.717) is 6.04 Å². The van der Waals surface area contributed by atoms with E-state index in [1.54, 1.807) is 0 Å². The molecule has 0 saturated carbocycles. The van der Waals surface area contributed by atoms with Gasteiger partial charge < -0.3 is 10.1 Å². The lowest BCUT2D eigenvalue weighted by atomic mass is 10.00. The quantitative estimate of drug-likeness (QED) is 0.770. The molecule has 2 nitrogen and oxygen atoms in total. The molecule has 0 radical (unpaired) electrons. The predicted octanol–water partition coefficient (Wildman–Crippen LogP) is 3.72. The standard InChI is InChI=1S/C17H27NO/c1-3-5-16(18-11-4-2)8-6-14-7-9-17-15(13-14)10-12-19-17/h7,9,13,16,18H,3-6,8,10-12H2,1-2H3. The first-order chi connectivity index (χ1) is 9.33. The van der Waals surface area contributed by atoms with Crippen LogP contribution in [0, 0.1) is 0 Å². The molecule has 0 fully saturated rings. The Morgan fingerprint density at radius 2 is 2.11 bits per heavy atom. The summed E-state index contributed by atoms with van der Waals surface area (Å²) in [5.74, 6) is 1.10. The number of hydrogen-bond acceptors (Lipinski definition) is 2. The monoisotopic (exact) mass is 261 g/mol. The average molecular weight is 261 g/mol. The molecule has 0 aliphatic carbocycles. The Morgan fingerprint density at radius 1 is 1.21 bits per heavy atom. The van der Waals surface area contributed by atoms with E-state index in [-0.39, 0.29) is 0 Å². The first-order valence-corrected chi connectivity index (χ1v) is 7.81. The van der Waals surface area contributed by atoms with Gasteiger partial charge in [0.15, 0.2) is 0 Å². The molecule has 2 rings (SSSR count). The van der Waals surface area contributed by atoms with Gasteiger partial charge in [0.25, 0.3) is 0 Å². The van der Waals surface area contributed by atoms with Crippen molar-refractivity contribution < 1.29 is 4.74 Å². The summed E-state index contributed by atoms with van der Waals surface area (Å²) < 4.78 is 5.56. The van der Waals surface area contributed by atoms with Crippen LogP contribution >= 0.6 is 0 Å². The van der Waals surface area contributed by atoms with Gasteiger partial charge in [0.05, 0.1) is 6.61 Å². The van der Waals surface area contributed by atoms with E-state index in [4.69, 9.17) is 4.74 Å². The first kappa shape index (κ1) is 14.4. The van der Waals surface area contributed by atoms with Crippen LogP contribution in [0.3, 0.4) is 0 Å². The summed E-state index contributed by atoms with van der Waals surface area (Å²) in [6.07, 6.45) is 7.27. The molecule has 2 heteroatoms. The molecule has 1 aromatic rings. The smallest absolute Gasteiger partial charge is 0.122 e. The molecule has 1 aliphatic heterocycles. The topological polar surface area (TPSA) is 21.3 Å². The minimum absolute atomic E-state index is 0.675. The highest BCUT2D eigenvalue weighted by molar-refractivity contribution is 5.39. The maximum atomic E-state index is 5.56. The summed E-state index contributed by atoms with van der Waals surface area (Å²) in [5.41, 5.74) is 2.86. The third kappa shape index (κ3) is 4.24. The Kier molecular flexibility index (Phi) is 5.71. The first-order valence-electron chi connectivity index (χ1n) is 7.81. The fourth-order valence-electron chi connectivity index (χ4n) is 2.78. The van der Waals surface area contributed by atoms with Crippen LogP contribution in [-0.2, 0) is 12.8 Å². The maximum Gasteiger partial charge on any atom is 0.122 e. The van der Waals surface area contributed by atoms with Gasteiger partial charge in [0.1, 0.15) is 5.75 Å². The van der Waals surface area contributed by atoms with Gasteiger partial charge in [0, 0.05) is 12.5 Å². The molecule has 1 unspecified atom stereocenters. The van der Waals surface area contributed by atoms with Crippen molar-refractivity contribution >= 4 is 0 Å². The molecule has 0 bridgehead atoms. The summed E-state index contributed by atoms with van der Waals surface area (Å²) in [7, 11) is 0. The summed E-state index contributed by atoms with van der Waals surface area (Å²) in [6.45, 7) is 6.50. The molecular formula is C17H27NO.